The van der Waals surface area contributed by atoms with Gasteiger partial charge in [0.2, 0.25) is 0 Å². The van der Waals surface area contributed by atoms with E-state index in [1.165, 1.54) is 0 Å². The van der Waals surface area contributed by atoms with E-state index in [0.717, 1.165) is 29.8 Å². The molecular weight excluding hydrogens is 246 g/mol. The minimum Gasteiger partial charge on any atom is -0.372 e. The topological polar surface area (TPSA) is 35.2 Å². The van der Waals surface area contributed by atoms with Crippen LogP contribution in [0.5, 0.6) is 0 Å². The van der Waals surface area contributed by atoms with Gasteiger partial charge in [0.1, 0.15) is 0 Å². The first-order chi connectivity index (χ1) is 8.52. The van der Waals surface area contributed by atoms with Crippen LogP contribution in [0.15, 0.2) is 24.3 Å². The van der Waals surface area contributed by atoms with Crippen molar-refractivity contribution in [3.8, 4) is 0 Å². The second-order valence-corrected chi connectivity index (χ2v) is 6.14. The van der Waals surface area contributed by atoms with Gasteiger partial charge in [0.25, 0.3) is 0 Å². The normalized spacial score (nSPS) is 24.1. The molecule has 2 unspecified atom stereocenters. The van der Waals surface area contributed by atoms with Crippen LogP contribution in [-0.2, 0) is 4.74 Å². The number of rotatable bonds is 4. The average Bonchev–Trinajstić information content (AvgIpc) is 2.67. The molecule has 1 aromatic carbocycles. The van der Waals surface area contributed by atoms with Gasteiger partial charge in [-0.25, -0.2) is 0 Å². The molecule has 2 nitrogen and oxygen atoms in total. The first-order valence-corrected chi connectivity index (χ1v) is 7.02. The summed E-state index contributed by atoms with van der Waals surface area (Å²) in [5, 5.41) is 0.810. The Kier molecular flexibility index (Phi) is 4.31. The van der Waals surface area contributed by atoms with Gasteiger partial charge < -0.3 is 10.5 Å². The number of hydrogen-bond acceptors (Lipinski definition) is 2. The molecule has 0 saturated carbocycles. The summed E-state index contributed by atoms with van der Waals surface area (Å²) in [5.74, 6) is 0.289. The minimum atomic E-state index is 0.0182. The maximum absolute atomic E-state index is 6.24. The standard InChI is InChI=1S/C15H22ClNO/c1-15(2)8-7-12(18-15)9-11(10-17)13-5-3-4-6-14(13)16/h3-6,11-12H,7-10,17H2,1-2H3. The fourth-order valence-electron chi connectivity index (χ4n) is 2.72. The maximum Gasteiger partial charge on any atom is 0.0631 e. The summed E-state index contributed by atoms with van der Waals surface area (Å²) < 4.78 is 6.04. The summed E-state index contributed by atoms with van der Waals surface area (Å²) >= 11 is 6.24. The molecule has 100 valence electrons. The van der Waals surface area contributed by atoms with Crippen LogP contribution < -0.4 is 5.73 Å². The van der Waals surface area contributed by atoms with E-state index in [2.05, 4.69) is 19.9 Å². The van der Waals surface area contributed by atoms with E-state index in [4.69, 9.17) is 22.1 Å². The van der Waals surface area contributed by atoms with Crippen LogP contribution in [0, 0.1) is 0 Å². The van der Waals surface area contributed by atoms with Crippen LogP contribution >= 0.6 is 11.6 Å². The van der Waals surface area contributed by atoms with Gasteiger partial charge in [0.15, 0.2) is 0 Å². The Morgan fingerprint density at radius 1 is 1.44 bits per heavy atom. The summed E-state index contributed by atoms with van der Waals surface area (Å²) in [6.07, 6.45) is 3.51. The molecule has 0 spiro atoms. The van der Waals surface area contributed by atoms with Gasteiger partial charge in [-0.15, -0.1) is 0 Å². The Hall–Kier alpha value is -0.570. The van der Waals surface area contributed by atoms with Crippen LogP contribution in [0.1, 0.15) is 44.6 Å². The van der Waals surface area contributed by atoms with Gasteiger partial charge >= 0.3 is 0 Å². The molecule has 0 amide bonds. The summed E-state index contributed by atoms with van der Waals surface area (Å²) in [5.41, 5.74) is 7.07. The monoisotopic (exact) mass is 267 g/mol. The third-order valence-electron chi connectivity index (χ3n) is 3.73. The molecule has 2 rings (SSSR count). The fraction of sp³-hybridized carbons (Fsp3) is 0.600. The lowest BCUT2D eigenvalue weighted by Gasteiger charge is -2.23. The van der Waals surface area contributed by atoms with E-state index in [-0.39, 0.29) is 11.5 Å². The van der Waals surface area contributed by atoms with Gasteiger partial charge in [-0.3, -0.25) is 0 Å². The van der Waals surface area contributed by atoms with Gasteiger partial charge in [0, 0.05) is 10.9 Å². The third-order valence-corrected chi connectivity index (χ3v) is 4.08. The second kappa shape index (κ2) is 5.60. The largest absolute Gasteiger partial charge is 0.372 e. The fourth-order valence-corrected chi connectivity index (χ4v) is 3.01. The maximum atomic E-state index is 6.24. The van der Waals surface area contributed by atoms with Crippen molar-refractivity contribution in [1.29, 1.82) is 0 Å². The molecule has 1 aromatic rings. The molecule has 0 radical (unpaired) electrons. The highest BCUT2D eigenvalue weighted by Crippen LogP contribution is 2.36. The van der Waals surface area contributed by atoms with Gasteiger partial charge in [-0.1, -0.05) is 29.8 Å². The molecule has 18 heavy (non-hydrogen) atoms. The van der Waals surface area contributed by atoms with E-state index >= 15 is 0 Å². The molecule has 1 aliphatic rings. The highest BCUT2D eigenvalue weighted by Gasteiger charge is 2.33. The Balaban J connectivity index is 2.05. The van der Waals surface area contributed by atoms with Crippen molar-refractivity contribution in [1.82, 2.24) is 0 Å². The van der Waals surface area contributed by atoms with E-state index in [9.17, 15) is 0 Å². The Morgan fingerprint density at radius 2 is 2.17 bits per heavy atom. The molecule has 0 aromatic heterocycles. The van der Waals surface area contributed by atoms with Crippen molar-refractivity contribution in [2.45, 2.75) is 50.7 Å². The van der Waals surface area contributed by atoms with Crippen molar-refractivity contribution in [2.75, 3.05) is 6.54 Å². The number of hydrogen-bond donors (Lipinski definition) is 1. The Labute approximate surface area is 114 Å². The molecule has 2 atom stereocenters. The molecule has 1 saturated heterocycles. The molecule has 1 aliphatic heterocycles. The highest BCUT2D eigenvalue weighted by molar-refractivity contribution is 6.31. The lowest BCUT2D eigenvalue weighted by molar-refractivity contribution is -0.0206. The summed E-state index contributed by atoms with van der Waals surface area (Å²) in [6, 6.07) is 7.97. The molecule has 2 N–H and O–H groups in total. The predicted molar refractivity (Wildman–Crippen MR) is 76.1 cm³/mol. The van der Waals surface area contributed by atoms with Crippen molar-refractivity contribution < 1.29 is 4.74 Å². The van der Waals surface area contributed by atoms with Crippen molar-refractivity contribution in [2.24, 2.45) is 5.73 Å². The van der Waals surface area contributed by atoms with E-state index in [0.29, 0.717) is 12.6 Å². The van der Waals surface area contributed by atoms with Crippen molar-refractivity contribution in [3.63, 3.8) is 0 Å². The minimum absolute atomic E-state index is 0.0182. The molecule has 0 bridgehead atoms. The Morgan fingerprint density at radius 3 is 2.72 bits per heavy atom. The first kappa shape index (κ1) is 13.9. The van der Waals surface area contributed by atoms with Gasteiger partial charge in [0.05, 0.1) is 11.7 Å². The van der Waals surface area contributed by atoms with Crippen molar-refractivity contribution in [3.05, 3.63) is 34.9 Å². The molecule has 3 heteroatoms. The molecule has 0 aliphatic carbocycles. The number of halogens is 1. The van der Waals surface area contributed by atoms with Crippen molar-refractivity contribution >= 4 is 11.6 Å². The van der Waals surface area contributed by atoms with Crippen LogP contribution in [-0.4, -0.2) is 18.2 Å². The average molecular weight is 268 g/mol. The summed E-state index contributed by atoms with van der Waals surface area (Å²) in [4.78, 5) is 0. The lowest BCUT2D eigenvalue weighted by Crippen LogP contribution is -2.23. The SMILES string of the molecule is CC1(C)CCC(CC(CN)c2ccccc2Cl)O1. The van der Waals surface area contributed by atoms with E-state index < -0.39 is 0 Å². The zero-order chi connectivity index (χ0) is 13.2. The van der Waals surface area contributed by atoms with Crippen LogP contribution in [0.25, 0.3) is 0 Å². The van der Waals surface area contributed by atoms with Gasteiger partial charge in [-0.2, -0.15) is 0 Å². The Bertz CT molecular complexity index is 405. The zero-order valence-corrected chi connectivity index (χ0v) is 11.9. The third kappa shape index (κ3) is 3.25. The van der Waals surface area contributed by atoms with Crippen LogP contribution in [0.2, 0.25) is 5.02 Å². The summed E-state index contributed by atoms with van der Waals surface area (Å²) in [7, 11) is 0. The zero-order valence-electron chi connectivity index (χ0n) is 11.2. The number of ether oxygens (including phenoxy) is 1. The first-order valence-electron chi connectivity index (χ1n) is 6.64. The van der Waals surface area contributed by atoms with Crippen LogP contribution in [0.4, 0.5) is 0 Å². The molecule has 1 fully saturated rings. The van der Waals surface area contributed by atoms with E-state index in [1.807, 2.05) is 18.2 Å². The lowest BCUT2D eigenvalue weighted by atomic mass is 9.92. The summed E-state index contributed by atoms with van der Waals surface area (Å²) in [6.45, 7) is 4.92. The van der Waals surface area contributed by atoms with Crippen LogP contribution in [0.3, 0.4) is 0 Å². The quantitative estimate of drug-likeness (QED) is 0.902. The smallest absolute Gasteiger partial charge is 0.0631 e. The number of benzene rings is 1. The molecule has 1 heterocycles. The highest BCUT2D eigenvalue weighted by atomic mass is 35.5. The second-order valence-electron chi connectivity index (χ2n) is 5.73. The number of nitrogens with two attached hydrogens (primary N) is 1. The molecular formula is C15H22ClNO. The van der Waals surface area contributed by atoms with Gasteiger partial charge in [-0.05, 0) is 51.3 Å². The predicted octanol–water partition coefficient (Wildman–Crippen LogP) is 3.73. The van der Waals surface area contributed by atoms with E-state index in [1.54, 1.807) is 0 Å².